The summed E-state index contributed by atoms with van der Waals surface area (Å²) >= 11 is 1.85. The first-order valence-electron chi connectivity index (χ1n) is 5.15. The van der Waals surface area contributed by atoms with Gasteiger partial charge in [-0.05, 0) is 18.6 Å². The van der Waals surface area contributed by atoms with Crippen LogP contribution in [0, 0.1) is 0 Å². The van der Waals surface area contributed by atoms with Gasteiger partial charge in [0.05, 0.1) is 10.4 Å². The van der Waals surface area contributed by atoms with Crippen LogP contribution in [0.25, 0.3) is 20.2 Å². The molecule has 1 nitrogen and oxygen atoms in total. The molecule has 74 valence electrons. The van der Waals surface area contributed by atoms with Gasteiger partial charge in [0.1, 0.15) is 0 Å². The van der Waals surface area contributed by atoms with E-state index in [0.717, 1.165) is 6.42 Å². The van der Waals surface area contributed by atoms with Crippen molar-refractivity contribution in [1.82, 2.24) is 4.98 Å². The fourth-order valence-corrected chi connectivity index (χ4v) is 3.21. The molecule has 3 aromatic rings. The second-order valence-electron chi connectivity index (χ2n) is 3.59. The Hall–Kier alpha value is -1.41. The van der Waals surface area contributed by atoms with Gasteiger partial charge in [0.25, 0.3) is 0 Å². The fourth-order valence-electron chi connectivity index (χ4n) is 1.96. The van der Waals surface area contributed by atoms with Crippen molar-refractivity contribution in [2.45, 2.75) is 13.3 Å². The molecule has 0 saturated carbocycles. The number of rotatable bonds is 1. The highest BCUT2D eigenvalue weighted by Gasteiger charge is 2.07. The van der Waals surface area contributed by atoms with Gasteiger partial charge in [-0.1, -0.05) is 25.1 Å². The molecule has 0 amide bonds. The number of aromatic nitrogens is 1. The van der Waals surface area contributed by atoms with Crippen molar-refractivity contribution in [2.24, 2.45) is 0 Å². The quantitative estimate of drug-likeness (QED) is 0.595. The van der Waals surface area contributed by atoms with E-state index in [-0.39, 0.29) is 0 Å². The van der Waals surface area contributed by atoms with Crippen molar-refractivity contribution in [3.05, 3.63) is 42.2 Å². The standard InChI is InChI=1S/C13H11NS/c1-2-11-13-10(7-8-14-11)9-5-3-4-6-12(9)15-13/h3-8H,2H2,1H3. The number of aryl methyl sites for hydroxylation is 1. The van der Waals surface area contributed by atoms with Crippen LogP contribution in [0.5, 0.6) is 0 Å². The first-order chi connectivity index (χ1) is 7.40. The second-order valence-corrected chi connectivity index (χ2v) is 4.64. The zero-order valence-electron chi connectivity index (χ0n) is 8.53. The number of nitrogens with zero attached hydrogens (tertiary/aromatic N) is 1. The molecular weight excluding hydrogens is 202 g/mol. The van der Waals surface area contributed by atoms with E-state index in [2.05, 4.69) is 42.2 Å². The number of hydrogen-bond donors (Lipinski definition) is 0. The topological polar surface area (TPSA) is 12.9 Å². The summed E-state index contributed by atoms with van der Waals surface area (Å²) in [6.07, 6.45) is 2.92. The Labute approximate surface area is 92.4 Å². The molecule has 0 unspecified atom stereocenters. The van der Waals surface area contributed by atoms with Crippen LogP contribution in [0.1, 0.15) is 12.6 Å². The Balaban J connectivity index is 2.53. The van der Waals surface area contributed by atoms with Gasteiger partial charge in [-0.25, -0.2) is 0 Å². The van der Waals surface area contributed by atoms with Gasteiger partial charge < -0.3 is 0 Å². The summed E-state index contributed by atoms with van der Waals surface area (Å²) in [4.78, 5) is 4.43. The van der Waals surface area contributed by atoms with E-state index < -0.39 is 0 Å². The molecule has 0 aliphatic carbocycles. The zero-order chi connectivity index (χ0) is 10.3. The summed E-state index contributed by atoms with van der Waals surface area (Å²) in [5.41, 5.74) is 1.22. The molecule has 0 N–H and O–H groups in total. The van der Waals surface area contributed by atoms with Crippen LogP contribution in [-0.2, 0) is 6.42 Å². The van der Waals surface area contributed by atoms with Crippen LogP contribution in [-0.4, -0.2) is 4.98 Å². The lowest BCUT2D eigenvalue weighted by Crippen LogP contribution is -1.84. The summed E-state index contributed by atoms with van der Waals surface area (Å²) in [7, 11) is 0. The van der Waals surface area contributed by atoms with Crippen LogP contribution in [0.4, 0.5) is 0 Å². The minimum Gasteiger partial charge on any atom is -0.260 e. The minimum atomic E-state index is 1.00. The molecule has 0 bridgehead atoms. The van der Waals surface area contributed by atoms with Gasteiger partial charge in [0.2, 0.25) is 0 Å². The summed E-state index contributed by atoms with van der Waals surface area (Å²) in [5, 5.41) is 2.71. The van der Waals surface area contributed by atoms with Crippen LogP contribution in [0.15, 0.2) is 36.5 Å². The third-order valence-corrected chi connectivity index (χ3v) is 3.94. The van der Waals surface area contributed by atoms with Crippen molar-refractivity contribution < 1.29 is 0 Å². The van der Waals surface area contributed by atoms with E-state index in [4.69, 9.17) is 0 Å². The Morgan fingerprint density at radius 3 is 2.87 bits per heavy atom. The molecule has 0 saturated heterocycles. The molecular formula is C13H11NS. The summed E-state index contributed by atoms with van der Waals surface area (Å²) < 4.78 is 2.71. The Morgan fingerprint density at radius 2 is 2.00 bits per heavy atom. The van der Waals surface area contributed by atoms with Crippen LogP contribution in [0.2, 0.25) is 0 Å². The molecule has 0 radical (unpaired) electrons. The molecule has 2 aromatic heterocycles. The zero-order valence-corrected chi connectivity index (χ0v) is 9.34. The van der Waals surface area contributed by atoms with Crippen LogP contribution in [0.3, 0.4) is 0 Å². The third kappa shape index (κ3) is 1.25. The van der Waals surface area contributed by atoms with E-state index in [1.807, 2.05) is 17.5 Å². The number of pyridine rings is 1. The normalized spacial score (nSPS) is 11.3. The van der Waals surface area contributed by atoms with E-state index in [1.54, 1.807) is 0 Å². The van der Waals surface area contributed by atoms with Crippen molar-refractivity contribution in [2.75, 3.05) is 0 Å². The number of hydrogen-bond acceptors (Lipinski definition) is 2. The number of fused-ring (bicyclic) bond motifs is 3. The van der Waals surface area contributed by atoms with Crippen LogP contribution < -0.4 is 0 Å². The lowest BCUT2D eigenvalue weighted by Gasteiger charge is -1.96. The van der Waals surface area contributed by atoms with Gasteiger partial charge in [0, 0.05) is 21.7 Å². The molecule has 0 aliphatic heterocycles. The summed E-state index contributed by atoms with van der Waals surface area (Å²) in [5.74, 6) is 0. The molecule has 0 fully saturated rings. The SMILES string of the molecule is CCc1nccc2c1sc1ccccc12. The molecule has 15 heavy (non-hydrogen) atoms. The Morgan fingerprint density at radius 1 is 1.13 bits per heavy atom. The third-order valence-electron chi connectivity index (χ3n) is 2.70. The van der Waals surface area contributed by atoms with E-state index in [1.165, 1.54) is 25.9 Å². The van der Waals surface area contributed by atoms with E-state index in [9.17, 15) is 0 Å². The molecule has 2 heteroatoms. The minimum absolute atomic E-state index is 1.00. The van der Waals surface area contributed by atoms with Gasteiger partial charge in [0.15, 0.2) is 0 Å². The molecule has 0 spiro atoms. The largest absolute Gasteiger partial charge is 0.260 e. The monoisotopic (exact) mass is 213 g/mol. The number of thiophene rings is 1. The van der Waals surface area contributed by atoms with E-state index >= 15 is 0 Å². The lowest BCUT2D eigenvalue weighted by atomic mass is 10.1. The molecule has 0 aliphatic rings. The Kier molecular flexibility index (Phi) is 1.96. The van der Waals surface area contributed by atoms with Gasteiger partial charge in [-0.15, -0.1) is 11.3 Å². The maximum Gasteiger partial charge on any atom is 0.0579 e. The summed E-state index contributed by atoms with van der Waals surface area (Å²) in [6, 6.07) is 10.7. The van der Waals surface area contributed by atoms with Crippen molar-refractivity contribution >= 4 is 31.5 Å². The average Bonchev–Trinajstić information content (AvgIpc) is 2.67. The van der Waals surface area contributed by atoms with Crippen LogP contribution >= 0.6 is 11.3 Å². The number of benzene rings is 1. The maximum atomic E-state index is 4.43. The van der Waals surface area contributed by atoms with Gasteiger partial charge >= 0.3 is 0 Å². The highest BCUT2D eigenvalue weighted by Crippen LogP contribution is 2.34. The van der Waals surface area contributed by atoms with Crippen molar-refractivity contribution in [3.8, 4) is 0 Å². The molecule has 3 rings (SSSR count). The fraction of sp³-hybridized carbons (Fsp3) is 0.154. The van der Waals surface area contributed by atoms with Gasteiger partial charge in [-0.2, -0.15) is 0 Å². The highest BCUT2D eigenvalue weighted by atomic mass is 32.1. The second kappa shape index (κ2) is 3.31. The first-order valence-corrected chi connectivity index (χ1v) is 5.97. The molecule has 0 atom stereocenters. The predicted octanol–water partition coefficient (Wildman–Crippen LogP) is 4.01. The Bertz CT molecular complexity index is 625. The van der Waals surface area contributed by atoms with Crippen molar-refractivity contribution in [3.63, 3.8) is 0 Å². The smallest absolute Gasteiger partial charge is 0.0579 e. The van der Waals surface area contributed by atoms with Crippen molar-refractivity contribution in [1.29, 1.82) is 0 Å². The predicted molar refractivity (Wildman–Crippen MR) is 66.5 cm³/mol. The van der Waals surface area contributed by atoms with Gasteiger partial charge in [-0.3, -0.25) is 4.98 Å². The molecule has 1 aromatic carbocycles. The summed E-state index contributed by atoms with van der Waals surface area (Å²) in [6.45, 7) is 2.16. The first kappa shape index (κ1) is 8.86. The lowest BCUT2D eigenvalue weighted by molar-refractivity contribution is 1.06. The average molecular weight is 213 g/mol. The maximum absolute atomic E-state index is 4.43. The molecule has 2 heterocycles. The highest BCUT2D eigenvalue weighted by molar-refractivity contribution is 7.26. The van der Waals surface area contributed by atoms with E-state index in [0.29, 0.717) is 0 Å².